The average Bonchev–Trinajstić information content (AvgIpc) is 3.45. The second-order valence-corrected chi connectivity index (χ2v) is 9.22. The Kier molecular flexibility index (Phi) is 5.00. The van der Waals surface area contributed by atoms with Crippen molar-refractivity contribution in [3.05, 3.63) is 28.3 Å². The number of aryl methyl sites for hydroxylation is 2. The molecule has 158 valence electrons. The molecule has 4 heterocycles. The van der Waals surface area contributed by atoms with Crippen molar-refractivity contribution in [1.29, 1.82) is 0 Å². The highest BCUT2D eigenvalue weighted by molar-refractivity contribution is 7.15. The van der Waals surface area contributed by atoms with E-state index in [2.05, 4.69) is 39.7 Å². The molecule has 3 aromatic rings. The topological polar surface area (TPSA) is 70.6 Å². The van der Waals surface area contributed by atoms with Gasteiger partial charge in [-0.25, -0.2) is 13.8 Å². The van der Waals surface area contributed by atoms with Crippen LogP contribution in [0.4, 0.5) is 14.6 Å². The maximum atomic E-state index is 14.1. The number of tetrazole rings is 1. The van der Waals surface area contributed by atoms with E-state index >= 15 is 0 Å². The van der Waals surface area contributed by atoms with Crippen molar-refractivity contribution in [3.8, 4) is 21.8 Å². The van der Waals surface area contributed by atoms with Crippen molar-refractivity contribution in [3.63, 3.8) is 0 Å². The second-order valence-electron chi connectivity index (χ2n) is 8.05. The van der Waals surface area contributed by atoms with E-state index in [0.29, 0.717) is 11.6 Å². The van der Waals surface area contributed by atoms with Gasteiger partial charge in [-0.3, -0.25) is 0 Å². The van der Waals surface area contributed by atoms with Gasteiger partial charge in [0.1, 0.15) is 5.82 Å². The predicted molar refractivity (Wildman–Crippen MR) is 113 cm³/mol. The summed E-state index contributed by atoms with van der Waals surface area (Å²) in [6, 6.07) is 4.28. The number of fused-ring (bicyclic) bond motifs is 1. The number of nitrogens with one attached hydrogen (secondary N) is 1. The van der Waals surface area contributed by atoms with Crippen LogP contribution in [0.15, 0.2) is 12.1 Å². The number of anilines is 1. The number of hydrogen-bond acceptors (Lipinski definition) is 6. The van der Waals surface area contributed by atoms with Gasteiger partial charge in [0.05, 0.1) is 12.1 Å². The third kappa shape index (κ3) is 3.49. The van der Waals surface area contributed by atoms with Gasteiger partial charge < -0.3 is 4.90 Å². The molecule has 5 rings (SSSR count). The van der Waals surface area contributed by atoms with Gasteiger partial charge in [-0.05, 0) is 55.0 Å². The second kappa shape index (κ2) is 7.68. The summed E-state index contributed by atoms with van der Waals surface area (Å²) in [5, 5.41) is 14.8. The molecule has 2 aliphatic rings. The number of halogens is 2. The summed E-state index contributed by atoms with van der Waals surface area (Å²) < 4.78 is 28.2. The lowest BCUT2D eigenvalue weighted by atomic mass is 9.94. The highest BCUT2D eigenvalue weighted by atomic mass is 32.1. The van der Waals surface area contributed by atoms with Gasteiger partial charge in [-0.2, -0.15) is 5.21 Å². The first-order valence-electron chi connectivity index (χ1n) is 10.6. The van der Waals surface area contributed by atoms with Crippen LogP contribution < -0.4 is 4.90 Å². The molecule has 0 unspecified atom stereocenters. The lowest BCUT2D eigenvalue weighted by Crippen LogP contribution is -2.27. The number of alkyl halides is 2. The molecule has 0 radical (unpaired) electrons. The summed E-state index contributed by atoms with van der Waals surface area (Å²) in [7, 11) is 0. The monoisotopic (exact) mass is 430 g/mol. The quantitative estimate of drug-likeness (QED) is 0.609. The van der Waals surface area contributed by atoms with Crippen molar-refractivity contribution < 1.29 is 8.78 Å². The standard InChI is InChI=1S/C21H24F2N6S/c1-2-13-8-9-16(30-13)17-14-6-4-3-5-7-15(14)24-20(18(17)19-25-27-28-26-19)29-11-10-21(22,23)12-29/h8-9H,2-7,10-12H2,1H3,(H,25,26,27,28). The van der Waals surface area contributed by atoms with Crippen LogP contribution in [-0.4, -0.2) is 44.6 Å². The van der Waals surface area contributed by atoms with Crippen LogP contribution in [0.25, 0.3) is 21.8 Å². The number of thiophene rings is 1. The van der Waals surface area contributed by atoms with Gasteiger partial charge in [0, 0.05) is 34.0 Å². The largest absolute Gasteiger partial charge is 0.350 e. The van der Waals surface area contributed by atoms with E-state index in [1.54, 1.807) is 16.2 Å². The molecule has 0 aromatic carbocycles. The summed E-state index contributed by atoms with van der Waals surface area (Å²) in [5.41, 5.74) is 4.03. The van der Waals surface area contributed by atoms with Crippen molar-refractivity contribution in [1.82, 2.24) is 25.6 Å². The highest BCUT2D eigenvalue weighted by Gasteiger charge is 2.41. The van der Waals surface area contributed by atoms with E-state index in [-0.39, 0.29) is 19.5 Å². The summed E-state index contributed by atoms with van der Waals surface area (Å²) in [6.07, 6.45) is 5.92. The fourth-order valence-electron chi connectivity index (χ4n) is 4.50. The van der Waals surface area contributed by atoms with Crippen LogP contribution in [0.1, 0.15) is 48.7 Å². The normalized spacial score (nSPS) is 18.4. The number of aromatic nitrogens is 5. The first-order valence-corrected chi connectivity index (χ1v) is 11.4. The van der Waals surface area contributed by atoms with Gasteiger partial charge in [0.25, 0.3) is 5.92 Å². The van der Waals surface area contributed by atoms with E-state index in [4.69, 9.17) is 4.98 Å². The van der Waals surface area contributed by atoms with Gasteiger partial charge in [0.2, 0.25) is 5.82 Å². The van der Waals surface area contributed by atoms with E-state index in [9.17, 15) is 8.78 Å². The lowest BCUT2D eigenvalue weighted by Gasteiger charge is -2.24. The summed E-state index contributed by atoms with van der Waals surface area (Å²) in [6.45, 7) is 2.09. The van der Waals surface area contributed by atoms with Gasteiger partial charge in [-0.1, -0.05) is 13.3 Å². The fourth-order valence-corrected chi connectivity index (χ4v) is 5.53. The summed E-state index contributed by atoms with van der Waals surface area (Å²) in [5.74, 6) is -1.72. The Morgan fingerprint density at radius 1 is 1.17 bits per heavy atom. The van der Waals surface area contributed by atoms with Crippen LogP contribution in [-0.2, 0) is 19.3 Å². The molecular formula is C21H24F2N6S. The Labute approximate surface area is 177 Å². The number of nitrogens with zero attached hydrogens (tertiary/aromatic N) is 5. The summed E-state index contributed by atoms with van der Waals surface area (Å²) >= 11 is 1.75. The highest BCUT2D eigenvalue weighted by Crippen LogP contribution is 2.46. The van der Waals surface area contributed by atoms with E-state index in [1.807, 2.05) is 0 Å². The van der Waals surface area contributed by atoms with Gasteiger partial charge >= 0.3 is 0 Å². The van der Waals surface area contributed by atoms with E-state index in [0.717, 1.165) is 60.2 Å². The van der Waals surface area contributed by atoms with Crippen molar-refractivity contribution in [2.75, 3.05) is 18.0 Å². The molecule has 1 aliphatic heterocycles. The third-order valence-electron chi connectivity index (χ3n) is 6.00. The number of rotatable bonds is 4. The molecule has 0 bridgehead atoms. The Morgan fingerprint density at radius 2 is 2.03 bits per heavy atom. The Morgan fingerprint density at radius 3 is 2.73 bits per heavy atom. The average molecular weight is 431 g/mol. The minimum absolute atomic E-state index is 0.161. The number of hydrogen-bond donors (Lipinski definition) is 1. The fraction of sp³-hybridized carbons (Fsp3) is 0.524. The molecule has 3 aromatic heterocycles. The minimum Gasteiger partial charge on any atom is -0.350 e. The van der Waals surface area contributed by atoms with Crippen LogP contribution in [0.2, 0.25) is 0 Å². The number of H-pyrrole nitrogens is 1. The van der Waals surface area contributed by atoms with Crippen molar-refractivity contribution >= 4 is 17.2 Å². The Balaban J connectivity index is 1.78. The summed E-state index contributed by atoms with van der Waals surface area (Å²) in [4.78, 5) is 9.08. The molecule has 1 aliphatic carbocycles. The molecule has 0 atom stereocenters. The molecule has 0 spiro atoms. The molecule has 0 saturated carbocycles. The molecule has 1 N–H and O–H groups in total. The first-order chi connectivity index (χ1) is 14.6. The zero-order chi connectivity index (χ0) is 20.7. The van der Waals surface area contributed by atoms with E-state index < -0.39 is 5.92 Å². The maximum absolute atomic E-state index is 14.1. The van der Waals surface area contributed by atoms with E-state index in [1.165, 1.54) is 10.4 Å². The Bertz CT molecular complexity index is 1050. The molecule has 1 fully saturated rings. The van der Waals surface area contributed by atoms with Crippen LogP contribution in [0, 0.1) is 0 Å². The SMILES string of the molecule is CCc1ccc(-c2c3c(nc(N4CCC(F)(F)C4)c2-c2nn[nH]n2)CCCCC3)s1. The molecule has 9 heteroatoms. The van der Waals surface area contributed by atoms with Gasteiger partial charge in [-0.15, -0.1) is 21.5 Å². The third-order valence-corrected chi connectivity index (χ3v) is 7.25. The van der Waals surface area contributed by atoms with Crippen LogP contribution >= 0.6 is 11.3 Å². The number of pyridine rings is 1. The zero-order valence-electron chi connectivity index (χ0n) is 16.9. The van der Waals surface area contributed by atoms with Crippen molar-refractivity contribution in [2.45, 2.75) is 57.8 Å². The first kappa shape index (κ1) is 19.5. The van der Waals surface area contributed by atoms with Crippen molar-refractivity contribution in [2.24, 2.45) is 0 Å². The molecular weight excluding hydrogens is 406 g/mol. The molecule has 6 nitrogen and oxygen atoms in total. The predicted octanol–water partition coefficient (Wildman–Crippen LogP) is 4.67. The van der Waals surface area contributed by atoms with Crippen LogP contribution in [0.5, 0.6) is 0 Å². The maximum Gasteiger partial charge on any atom is 0.266 e. The minimum atomic E-state index is -2.71. The van der Waals surface area contributed by atoms with Gasteiger partial charge in [0.15, 0.2) is 0 Å². The molecule has 1 saturated heterocycles. The van der Waals surface area contributed by atoms with Crippen LogP contribution in [0.3, 0.4) is 0 Å². The lowest BCUT2D eigenvalue weighted by molar-refractivity contribution is 0.0257. The smallest absolute Gasteiger partial charge is 0.266 e. The molecule has 0 amide bonds. The Hall–Kier alpha value is -2.42. The number of aromatic amines is 1. The molecule has 30 heavy (non-hydrogen) atoms. The zero-order valence-corrected chi connectivity index (χ0v) is 17.7.